The Labute approximate surface area is 130 Å². The van der Waals surface area contributed by atoms with Gasteiger partial charge in [0.05, 0.1) is 20.3 Å². The van der Waals surface area contributed by atoms with E-state index in [1.54, 1.807) is 26.6 Å². The molecule has 1 aromatic heterocycles. The number of hydrogen-bond donors (Lipinski definition) is 2. The number of benzene rings is 1. The summed E-state index contributed by atoms with van der Waals surface area (Å²) in [5.41, 5.74) is 3.08. The van der Waals surface area contributed by atoms with E-state index in [1.165, 1.54) is 0 Å². The molecule has 0 aliphatic carbocycles. The molecule has 0 spiro atoms. The lowest BCUT2D eigenvalue weighted by Gasteiger charge is -2.15. The molecule has 1 unspecified atom stereocenters. The topological polar surface area (TPSA) is 63.6 Å². The Kier molecular flexibility index (Phi) is 5.75. The van der Waals surface area contributed by atoms with Crippen LogP contribution >= 0.6 is 0 Å². The Bertz CT molecular complexity index is 602. The number of pyridine rings is 1. The van der Waals surface area contributed by atoms with Crippen LogP contribution in [0.3, 0.4) is 0 Å². The molecule has 5 heteroatoms. The van der Waals surface area contributed by atoms with Crippen molar-refractivity contribution >= 4 is 0 Å². The molecule has 0 aliphatic heterocycles. The second-order valence-electron chi connectivity index (χ2n) is 5.06. The van der Waals surface area contributed by atoms with Gasteiger partial charge in [-0.25, -0.2) is 0 Å². The molecule has 1 aromatic carbocycles. The van der Waals surface area contributed by atoms with Gasteiger partial charge in [0.2, 0.25) is 0 Å². The average molecular weight is 302 g/mol. The van der Waals surface area contributed by atoms with E-state index in [0.717, 1.165) is 22.4 Å². The van der Waals surface area contributed by atoms with Crippen LogP contribution in [0, 0.1) is 6.92 Å². The van der Waals surface area contributed by atoms with Crippen LogP contribution in [0.1, 0.15) is 22.8 Å². The number of aliphatic hydroxyl groups excluding tert-OH is 1. The van der Waals surface area contributed by atoms with Gasteiger partial charge in [0, 0.05) is 25.5 Å². The van der Waals surface area contributed by atoms with E-state index in [2.05, 4.69) is 10.3 Å². The number of nitrogens with one attached hydrogen (secondary N) is 1. The van der Waals surface area contributed by atoms with Gasteiger partial charge in [0.15, 0.2) is 11.5 Å². The van der Waals surface area contributed by atoms with Crippen LogP contribution in [0.2, 0.25) is 0 Å². The van der Waals surface area contributed by atoms with Gasteiger partial charge in [-0.1, -0.05) is 0 Å². The van der Waals surface area contributed by atoms with Crippen molar-refractivity contribution < 1.29 is 14.6 Å². The van der Waals surface area contributed by atoms with Gasteiger partial charge in [-0.05, 0) is 47.9 Å². The van der Waals surface area contributed by atoms with Crippen molar-refractivity contribution in [1.29, 1.82) is 0 Å². The predicted octanol–water partition coefficient (Wildman–Crippen LogP) is 2.23. The van der Waals surface area contributed by atoms with Gasteiger partial charge in [-0.3, -0.25) is 4.98 Å². The van der Waals surface area contributed by atoms with E-state index in [0.29, 0.717) is 18.8 Å². The molecule has 2 N–H and O–H groups in total. The quantitative estimate of drug-likeness (QED) is 0.821. The number of aliphatic hydroxyl groups is 1. The minimum atomic E-state index is -0.552. The van der Waals surface area contributed by atoms with Crippen LogP contribution in [-0.2, 0) is 6.54 Å². The molecule has 1 heterocycles. The zero-order valence-electron chi connectivity index (χ0n) is 13.2. The molecule has 0 saturated carbocycles. The smallest absolute Gasteiger partial charge is 0.161 e. The fraction of sp³-hybridized carbons (Fsp3) is 0.353. The first-order valence-corrected chi connectivity index (χ1v) is 7.16. The minimum absolute atomic E-state index is 0.470. The molecule has 5 nitrogen and oxygen atoms in total. The van der Waals surface area contributed by atoms with Gasteiger partial charge in [-0.2, -0.15) is 0 Å². The predicted molar refractivity (Wildman–Crippen MR) is 85.2 cm³/mol. The molecule has 0 aliphatic rings. The summed E-state index contributed by atoms with van der Waals surface area (Å²) >= 11 is 0. The summed E-state index contributed by atoms with van der Waals surface area (Å²) in [5.74, 6) is 1.43. The Morgan fingerprint density at radius 1 is 1.14 bits per heavy atom. The summed E-state index contributed by atoms with van der Waals surface area (Å²) < 4.78 is 10.6. The molecule has 0 saturated heterocycles. The van der Waals surface area contributed by atoms with E-state index in [4.69, 9.17) is 9.47 Å². The average Bonchev–Trinajstić information content (AvgIpc) is 2.56. The molecule has 2 aromatic rings. The summed E-state index contributed by atoms with van der Waals surface area (Å²) in [6, 6.07) is 7.54. The van der Waals surface area contributed by atoms with Crippen molar-refractivity contribution in [3.8, 4) is 11.5 Å². The molecular formula is C17H22N2O3. The number of methoxy groups -OCH3 is 2. The molecule has 0 bridgehead atoms. The third-order valence-electron chi connectivity index (χ3n) is 3.59. The van der Waals surface area contributed by atoms with Gasteiger partial charge < -0.3 is 19.9 Å². The molecule has 0 radical (unpaired) electrons. The Morgan fingerprint density at radius 3 is 2.41 bits per heavy atom. The number of aromatic nitrogens is 1. The molecule has 1 atom stereocenters. The highest BCUT2D eigenvalue weighted by Crippen LogP contribution is 2.30. The lowest BCUT2D eigenvalue weighted by Crippen LogP contribution is -2.21. The van der Waals surface area contributed by atoms with Crippen molar-refractivity contribution in [1.82, 2.24) is 10.3 Å². The third kappa shape index (κ3) is 3.96. The molecular weight excluding hydrogens is 280 g/mol. The summed E-state index contributed by atoms with van der Waals surface area (Å²) in [7, 11) is 3.25. The normalized spacial score (nSPS) is 12.0. The van der Waals surface area contributed by atoms with Crippen molar-refractivity contribution in [2.45, 2.75) is 19.6 Å². The minimum Gasteiger partial charge on any atom is -0.493 e. The molecule has 0 fully saturated rings. The van der Waals surface area contributed by atoms with Gasteiger partial charge >= 0.3 is 0 Å². The van der Waals surface area contributed by atoms with Gasteiger partial charge in [0.1, 0.15) is 0 Å². The second-order valence-corrected chi connectivity index (χ2v) is 5.06. The number of rotatable bonds is 7. The molecule has 2 rings (SSSR count). The summed E-state index contributed by atoms with van der Waals surface area (Å²) in [4.78, 5) is 3.95. The van der Waals surface area contributed by atoms with Gasteiger partial charge in [0.25, 0.3) is 0 Å². The molecule has 22 heavy (non-hydrogen) atoms. The number of nitrogens with zero attached hydrogens (tertiary/aromatic N) is 1. The summed E-state index contributed by atoms with van der Waals surface area (Å²) in [5, 5.41) is 13.4. The number of hydrogen-bond acceptors (Lipinski definition) is 5. The van der Waals surface area contributed by atoms with Crippen LogP contribution in [0.5, 0.6) is 11.5 Å². The number of aryl methyl sites for hydroxylation is 1. The monoisotopic (exact) mass is 302 g/mol. The van der Waals surface area contributed by atoms with E-state index >= 15 is 0 Å². The van der Waals surface area contributed by atoms with Gasteiger partial charge in [-0.15, -0.1) is 0 Å². The van der Waals surface area contributed by atoms with E-state index < -0.39 is 6.10 Å². The Hall–Kier alpha value is -2.11. The maximum atomic E-state index is 10.1. The van der Waals surface area contributed by atoms with Crippen molar-refractivity contribution in [3.63, 3.8) is 0 Å². The maximum absolute atomic E-state index is 10.1. The highest BCUT2D eigenvalue weighted by Gasteiger charge is 2.10. The highest BCUT2D eigenvalue weighted by molar-refractivity contribution is 5.47. The van der Waals surface area contributed by atoms with Crippen LogP contribution in [0.4, 0.5) is 0 Å². The van der Waals surface area contributed by atoms with Crippen molar-refractivity contribution in [3.05, 3.63) is 53.3 Å². The van der Waals surface area contributed by atoms with Crippen LogP contribution in [0.15, 0.2) is 36.7 Å². The van der Waals surface area contributed by atoms with Crippen LogP contribution < -0.4 is 14.8 Å². The lowest BCUT2D eigenvalue weighted by molar-refractivity contribution is 0.174. The Morgan fingerprint density at radius 2 is 1.77 bits per heavy atom. The molecule has 118 valence electrons. The van der Waals surface area contributed by atoms with E-state index in [9.17, 15) is 5.11 Å². The fourth-order valence-corrected chi connectivity index (χ4v) is 2.26. The zero-order valence-corrected chi connectivity index (χ0v) is 13.2. The number of ether oxygens (including phenoxy) is 2. The third-order valence-corrected chi connectivity index (χ3v) is 3.59. The first-order chi connectivity index (χ1) is 10.7. The van der Waals surface area contributed by atoms with E-state index in [1.807, 2.05) is 31.2 Å². The standard InChI is InChI=1S/C17H22N2O3/c1-12-8-16(21-2)17(22-3)9-14(12)10-19-11-15(20)13-4-6-18-7-5-13/h4-9,15,19-20H,10-11H2,1-3H3. The lowest BCUT2D eigenvalue weighted by atomic mass is 10.1. The maximum Gasteiger partial charge on any atom is 0.161 e. The zero-order chi connectivity index (χ0) is 15.9. The summed E-state index contributed by atoms with van der Waals surface area (Å²) in [6.07, 6.45) is 2.80. The largest absolute Gasteiger partial charge is 0.493 e. The summed E-state index contributed by atoms with van der Waals surface area (Å²) in [6.45, 7) is 3.14. The molecule has 0 amide bonds. The van der Waals surface area contributed by atoms with Crippen LogP contribution in [-0.4, -0.2) is 30.9 Å². The highest BCUT2D eigenvalue weighted by atomic mass is 16.5. The van der Waals surface area contributed by atoms with Crippen molar-refractivity contribution in [2.24, 2.45) is 0 Å². The first kappa shape index (κ1) is 16.3. The first-order valence-electron chi connectivity index (χ1n) is 7.16. The fourth-order valence-electron chi connectivity index (χ4n) is 2.26. The van der Waals surface area contributed by atoms with Crippen LogP contribution in [0.25, 0.3) is 0 Å². The SMILES string of the molecule is COc1cc(C)c(CNCC(O)c2ccncc2)cc1OC. The van der Waals surface area contributed by atoms with E-state index in [-0.39, 0.29) is 0 Å². The second kappa shape index (κ2) is 7.77. The Balaban J connectivity index is 1.97. The van der Waals surface area contributed by atoms with Crippen molar-refractivity contribution in [2.75, 3.05) is 20.8 Å².